The number of fused-ring (bicyclic) bond motifs is 1. The third kappa shape index (κ3) is 6.81. The number of nitrogens with one attached hydrogen (secondary N) is 4. The molecule has 2 saturated heterocycles. The molecule has 5 aromatic rings. The highest BCUT2D eigenvalue weighted by Crippen LogP contribution is 2.38. The second kappa shape index (κ2) is 14.5. The molecular formula is C37H39N11O5. The van der Waals surface area contributed by atoms with Crippen LogP contribution in [0.1, 0.15) is 35.9 Å². The first kappa shape index (κ1) is 34.0. The molecule has 53 heavy (non-hydrogen) atoms. The van der Waals surface area contributed by atoms with Gasteiger partial charge in [-0.15, -0.1) is 0 Å². The maximum Gasteiger partial charge on any atom is 0.324 e. The Morgan fingerprint density at radius 1 is 0.943 bits per heavy atom. The Kier molecular flexibility index (Phi) is 9.28. The number of aliphatic hydroxyl groups is 2. The minimum absolute atomic E-state index is 0.0247. The average molecular weight is 718 g/mol. The zero-order chi connectivity index (χ0) is 36.5. The number of carbonyl (C=O) groups excluding carboxylic acids is 3. The van der Waals surface area contributed by atoms with Crippen LogP contribution in [-0.2, 0) is 4.79 Å². The van der Waals surface area contributed by atoms with Crippen molar-refractivity contribution in [3.05, 3.63) is 103 Å². The summed E-state index contributed by atoms with van der Waals surface area (Å²) in [5, 5.41) is 34.3. The predicted octanol–water partition coefficient (Wildman–Crippen LogP) is 2.45. The number of hydrogen-bond donors (Lipinski definition) is 6. The van der Waals surface area contributed by atoms with Crippen molar-refractivity contribution >= 4 is 46.6 Å². The molecule has 5 heterocycles. The van der Waals surface area contributed by atoms with E-state index in [0.717, 1.165) is 16.0 Å². The first-order chi connectivity index (χ1) is 25.8. The monoisotopic (exact) mass is 717 g/mol. The lowest BCUT2D eigenvalue weighted by molar-refractivity contribution is -0.128. The number of rotatable bonds is 10. The number of anilines is 3. The van der Waals surface area contributed by atoms with Crippen LogP contribution in [0.4, 0.5) is 27.0 Å². The van der Waals surface area contributed by atoms with E-state index in [4.69, 9.17) is 15.0 Å². The zero-order valence-electron chi connectivity index (χ0n) is 28.6. The molecular weight excluding hydrogens is 678 g/mol. The van der Waals surface area contributed by atoms with Gasteiger partial charge in [0.25, 0.3) is 0 Å². The second-order valence-electron chi connectivity index (χ2n) is 13.5. The third-order valence-corrected chi connectivity index (χ3v) is 10.2. The summed E-state index contributed by atoms with van der Waals surface area (Å²) in [6.07, 6.45) is 2.82. The summed E-state index contributed by atoms with van der Waals surface area (Å²) in [6.45, 7) is 1.32. The average Bonchev–Trinajstić information content (AvgIpc) is 3.96. The molecule has 5 amide bonds. The predicted molar refractivity (Wildman–Crippen MR) is 195 cm³/mol. The van der Waals surface area contributed by atoms with Crippen molar-refractivity contribution in [2.24, 2.45) is 0 Å². The van der Waals surface area contributed by atoms with Gasteiger partial charge in [0.05, 0.1) is 36.8 Å². The summed E-state index contributed by atoms with van der Waals surface area (Å²) in [4.78, 5) is 59.5. The second-order valence-corrected chi connectivity index (χ2v) is 13.5. The third-order valence-electron chi connectivity index (χ3n) is 10.2. The number of carbonyl (C=O) groups is 3. The van der Waals surface area contributed by atoms with Crippen molar-refractivity contribution in [2.75, 3.05) is 41.7 Å². The van der Waals surface area contributed by atoms with Crippen molar-refractivity contribution < 1.29 is 24.6 Å². The van der Waals surface area contributed by atoms with E-state index in [1.165, 1.54) is 0 Å². The molecule has 0 bridgehead atoms. The van der Waals surface area contributed by atoms with Crippen LogP contribution >= 0.6 is 0 Å². The maximum atomic E-state index is 12.8. The van der Waals surface area contributed by atoms with E-state index in [0.29, 0.717) is 54.7 Å². The Balaban J connectivity index is 1.10. The minimum Gasteiger partial charge on any atom is -0.388 e. The largest absolute Gasteiger partial charge is 0.388 e. The van der Waals surface area contributed by atoms with Crippen molar-refractivity contribution in [3.63, 3.8) is 0 Å². The van der Waals surface area contributed by atoms with Crippen molar-refractivity contribution in [3.8, 4) is 0 Å². The number of pyridine rings is 1. The van der Waals surface area contributed by atoms with Gasteiger partial charge in [-0.1, -0.05) is 60.7 Å². The normalized spacial score (nSPS) is 22.8. The topological polar surface area (TPSA) is 203 Å². The Morgan fingerprint density at radius 2 is 1.68 bits per heavy atom. The van der Waals surface area contributed by atoms with Gasteiger partial charge < -0.3 is 40.9 Å². The Morgan fingerprint density at radius 3 is 2.36 bits per heavy atom. The molecule has 3 fully saturated rings. The Labute approximate surface area is 304 Å². The molecule has 16 heteroatoms. The van der Waals surface area contributed by atoms with Gasteiger partial charge in [0.2, 0.25) is 11.9 Å². The Bertz CT molecular complexity index is 2050. The number of aliphatic hydroxyl groups excluding tert-OH is 2. The van der Waals surface area contributed by atoms with E-state index >= 15 is 0 Å². The molecule has 1 aliphatic carbocycles. The van der Waals surface area contributed by atoms with Crippen LogP contribution < -0.4 is 26.2 Å². The van der Waals surface area contributed by atoms with E-state index in [2.05, 4.69) is 50.5 Å². The molecule has 5 atom stereocenters. The lowest BCUT2D eigenvalue weighted by atomic mass is 9.91. The minimum atomic E-state index is -1.37. The zero-order valence-corrected chi connectivity index (χ0v) is 28.6. The molecule has 3 aliphatic rings. The van der Waals surface area contributed by atoms with Gasteiger partial charge in [-0.25, -0.2) is 14.6 Å². The van der Waals surface area contributed by atoms with Gasteiger partial charge >= 0.3 is 12.1 Å². The van der Waals surface area contributed by atoms with Crippen LogP contribution in [-0.4, -0.2) is 108 Å². The highest BCUT2D eigenvalue weighted by molar-refractivity contribution is 6.02. The van der Waals surface area contributed by atoms with Gasteiger partial charge in [0, 0.05) is 37.8 Å². The quantitative estimate of drug-likeness (QED) is 0.116. The fraction of sp³-hybridized carbons (Fsp3) is 0.324. The molecule has 1 saturated carbocycles. The highest BCUT2D eigenvalue weighted by atomic mass is 16.3. The summed E-state index contributed by atoms with van der Waals surface area (Å²) in [5.74, 6) is 0.387. The number of nitrogens with zero attached hydrogens (tertiary/aromatic N) is 7. The van der Waals surface area contributed by atoms with Crippen LogP contribution in [0.2, 0.25) is 0 Å². The highest BCUT2D eigenvalue weighted by Gasteiger charge is 2.50. The molecule has 3 aromatic heterocycles. The smallest absolute Gasteiger partial charge is 0.324 e. The number of amides is 5. The first-order valence-electron chi connectivity index (χ1n) is 17.6. The molecule has 272 valence electrons. The van der Waals surface area contributed by atoms with E-state index in [1.54, 1.807) is 35.4 Å². The van der Waals surface area contributed by atoms with Gasteiger partial charge in [0.15, 0.2) is 17.0 Å². The van der Waals surface area contributed by atoms with Crippen LogP contribution in [0, 0.1) is 0 Å². The van der Waals surface area contributed by atoms with Gasteiger partial charge in [-0.3, -0.25) is 14.7 Å². The number of imidazole rings is 1. The van der Waals surface area contributed by atoms with Crippen molar-refractivity contribution in [2.45, 2.75) is 49.1 Å². The lowest BCUT2D eigenvalue weighted by Crippen LogP contribution is -2.46. The number of aromatic nitrogens is 5. The molecule has 5 unspecified atom stereocenters. The SMILES string of the molecule is O=C(Nc1cccnc1)NC1CCN(c2nc(NCC(c3ccccc3)c3ccccc3)c3ncn(C4CC(N5C(=O)CNC5=O)C(O)C4O)c3n2)C1. The fourth-order valence-electron chi connectivity index (χ4n) is 7.55. The summed E-state index contributed by atoms with van der Waals surface area (Å²) in [6, 6.07) is 21.1. The number of benzene rings is 2. The fourth-order valence-corrected chi connectivity index (χ4v) is 7.55. The molecule has 2 aromatic carbocycles. The van der Waals surface area contributed by atoms with E-state index < -0.39 is 36.2 Å². The molecule has 6 N–H and O–H groups in total. The van der Waals surface area contributed by atoms with Crippen LogP contribution in [0.3, 0.4) is 0 Å². The first-order valence-corrected chi connectivity index (χ1v) is 17.6. The van der Waals surface area contributed by atoms with Crippen molar-refractivity contribution in [1.29, 1.82) is 0 Å². The number of hydrogen-bond acceptors (Lipinski definition) is 11. The van der Waals surface area contributed by atoms with Gasteiger partial charge in [-0.05, 0) is 36.1 Å². The number of imide groups is 1. The summed E-state index contributed by atoms with van der Waals surface area (Å²) in [5.41, 5.74) is 3.69. The molecule has 2 aliphatic heterocycles. The van der Waals surface area contributed by atoms with Gasteiger partial charge in [0.1, 0.15) is 12.2 Å². The standard InChI is InChI=1S/C37H39N11O5/c49-29-19-40-37(53)48(29)28-16-27(31(50)32(28)51)47-21-41-30-33(39-18-26(22-8-3-1-4-9-22)23-10-5-2-6-11-23)44-35(45-34(30)47)46-15-13-25(20-46)43-36(52)42-24-12-7-14-38-17-24/h1-12,14,17,21,25-28,31-32,50-51H,13,15-16,18-20H2,(H,40,53)(H,39,44,45)(H2,42,43,52). The van der Waals surface area contributed by atoms with Crippen LogP contribution in [0.25, 0.3) is 11.2 Å². The van der Waals surface area contributed by atoms with Gasteiger partial charge in [-0.2, -0.15) is 9.97 Å². The van der Waals surface area contributed by atoms with E-state index in [9.17, 15) is 24.6 Å². The maximum absolute atomic E-state index is 12.8. The summed E-state index contributed by atoms with van der Waals surface area (Å²) < 4.78 is 1.69. The molecule has 0 spiro atoms. The number of urea groups is 2. The molecule has 8 rings (SSSR count). The Hall–Kier alpha value is -6.13. The van der Waals surface area contributed by atoms with E-state index in [1.807, 2.05) is 41.3 Å². The molecule has 0 radical (unpaired) electrons. The molecule has 16 nitrogen and oxygen atoms in total. The lowest BCUT2D eigenvalue weighted by Gasteiger charge is -2.23. The van der Waals surface area contributed by atoms with Crippen LogP contribution in [0.15, 0.2) is 91.5 Å². The summed E-state index contributed by atoms with van der Waals surface area (Å²) >= 11 is 0. The van der Waals surface area contributed by atoms with Crippen LogP contribution in [0.5, 0.6) is 0 Å². The summed E-state index contributed by atoms with van der Waals surface area (Å²) in [7, 11) is 0. The van der Waals surface area contributed by atoms with E-state index in [-0.39, 0.29) is 31.0 Å². The van der Waals surface area contributed by atoms with Crippen molar-refractivity contribution in [1.82, 2.24) is 40.0 Å².